The Kier molecular flexibility index (Phi) is 5.15. The van der Waals surface area contributed by atoms with Gasteiger partial charge in [-0.1, -0.05) is 12.1 Å². The second-order valence-electron chi connectivity index (χ2n) is 6.49. The summed E-state index contributed by atoms with van der Waals surface area (Å²) in [5.41, 5.74) is 0.865. The molecule has 0 saturated heterocycles. The van der Waals surface area contributed by atoms with Crippen molar-refractivity contribution < 1.29 is 19.2 Å². The third-order valence-corrected chi connectivity index (χ3v) is 4.57. The summed E-state index contributed by atoms with van der Waals surface area (Å²) in [7, 11) is 1.42. The molecule has 1 heterocycles. The van der Waals surface area contributed by atoms with Gasteiger partial charge in [0.05, 0.1) is 28.5 Å². The topological polar surface area (TPSA) is 124 Å². The standard InChI is InChI=1S/C22H15N3O6/c1-30-19-12-14(20-23-17-5-3-2-4-16(17)21(26)24-20)8-11-18(19)31-22(27)13-6-9-15(10-7-13)25(28)29/h2-12H,1H3,(H,23,24,26). The number of nitro benzene ring substituents is 1. The van der Waals surface area contributed by atoms with Crippen LogP contribution in [0.2, 0.25) is 0 Å². The highest BCUT2D eigenvalue weighted by Crippen LogP contribution is 2.32. The number of nitrogens with one attached hydrogen (secondary N) is 1. The number of aromatic nitrogens is 2. The number of esters is 1. The van der Waals surface area contributed by atoms with Crippen molar-refractivity contribution >= 4 is 22.6 Å². The molecule has 154 valence electrons. The average molecular weight is 417 g/mol. The van der Waals surface area contributed by atoms with Crippen LogP contribution in [-0.4, -0.2) is 28.0 Å². The maximum absolute atomic E-state index is 12.4. The molecule has 1 aromatic heterocycles. The molecule has 0 spiro atoms. The highest BCUT2D eigenvalue weighted by molar-refractivity contribution is 5.91. The molecule has 0 unspecified atom stereocenters. The van der Waals surface area contributed by atoms with E-state index in [1.54, 1.807) is 36.4 Å². The fraction of sp³-hybridized carbons (Fsp3) is 0.0455. The number of para-hydroxylation sites is 1. The molecular formula is C22H15N3O6. The lowest BCUT2D eigenvalue weighted by Gasteiger charge is -2.11. The quantitative estimate of drug-likeness (QED) is 0.227. The number of nitro groups is 1. The van der Waals surface area contributed by atoms with Crippen LogP contribution in [0.3, 0.4) is 0 Å². The molecular weight excluding hydrogens is 402 g/mol. The molecule has 0 bridgehead atoms. The molecule has 0 atom stereocenters. The number of benzene rings is 3. The molecule has 4 aromatic rings. The lowest BCUT2D eigenvalue weighted by atomic mass is 10.1. The molecule has 0 aliphatic carbocycles. The van der Waals surface area contributed by atoms with Crippen molar-refractivity contribution in [3.05, 3.63) is 92.8 Å². The van der Waals surface area contributed by atoms with Crippen LogP contribution < -0.4 is 15.0 Å². The van der Waals surface area contributed by atoms with Crippen molar-refractivity contribution in [2.75, 3.05) is 7.11 Å². The number of hydrogen-bond acceptors (Lipinski definition) is 7. The maximum Gasteiger partial charge on any atom is 0.343 e. The van der Waals surface area contributed by atoms with E-state index in [1.165, 1.54) is 37.4 Å². The highest BCUT2D eigenvalue weighted by Gasteiger charge is 2.16. The summed E-state index contributed by atoms with van der Waals surface area (Å²) >= 11 is 0. The smallest absolute Gasteiger partial charge is 0.343 e. The summed E-state index contributed by atoms with van der Waals surface area (Å²) in [6, 6.07) is 16.8. The first-order valence-corrected chi connectivity index (χ1v) is 9.10. The molecule has 1 N–H and O–H groups in total. The van der Waals surface area contributed by atoms with Gasteiger partial charge in [0.25, 0.3) is 11.2 Å². The summed E-state index contributed by atoms with van der Waals surface area (Å²) in [6.07, 6.45) is 0. The predicted molar refractivity (Wildman–Crippen MR) is 112 cm³/mol. The van der Waals surface area contributed by atoms with E-state index < -0.39 is 10.9 Å². The molecule has 0 fully saturated rings. The number of methoxy groups -OCH3 is 1. The van der Waals surface area contributed by atoms with Crippen molar-refractivity contribution in [1.29, 1.82) is 0 Å². The summed E-state index contributed by atoms with van der Waals surface area (Å²) in [4.78, 5) is 42.1. The normalized spacial score (nSPS) is 10.6. The Labute approximate surface area is 175 Å². The predicted octanol–water partition coefficient (Wildman–Crippen LogP) is 3.73. The molecule has 0 amide bonds. The van der Waals surface area contributed by atoms with Crippen molar-refractivity contribution in [3.63, 3.8) is 0 Å². The molecule has 31 heavy (non-hydrogen) atoms. The van der Waals surface area contributed by atoms with Crippen molar-refractivity contribution in [1.82, 2.24) is 9.97 Å². The Morgan fingerprint density at radius 2 is 1.77 bits per heavy atom. The van der Waals surface area contributed by atoms with Gasteiger partial charge in [-0.05, 0) is 42.5 Å². The molecule has 9 nitrogen and oxygen atoms in total. The van der Waals surface area contributed by atoms with E-state index in [4.69, 9.17) is 9.47 Å². The Hall–Kier alpha value is -4.53. The number of H-pyrrole nitrogens is 1. The van der Waals surface area contributed by atoms with Gasteiger partial charge in [-0.3, -0.25) is 14.9 Å². The number of carbonyl (C=O) groups excluding carboxylic acids is 1. The minimum absolute atomic E-state index is 0.129. The van der Waals surface area contributed by atoms with Crippen LogP contribution >= 0.6 is 0 Å². The summed E-state index contributed by atoms with van der Waals surface area (Å²) < 4.78 is 10.7. The Morgan fingerprint density at radius 3 is 2.48 bits per heavy atom. The van der Waals surface area contributed by atoms with Crippen LogP contribution in [-0.2, 0) is 0 Å². The molecule has 3 aromatic carbocycles. The number of hydrogen-bond donors (Lipinski definition) is 1. The molecule has 0 radical (unpaired) electrons. The third-order valence-electron chi connectivity index (χ3n) is 4.57. The second kappa shape index (κ2) is 8.07. The van der Waals surface area contributed by atoms with E-state index >= 15 is 0 Å². The zero-order valence-corrected chi connectivity index (χ0v) is 16.2. The van der Waals surface area contributed by atoms with Crippen molar-refractivity contribution in [2.24, 2.45) is 0 Å². The van der Waals surface area contributed by atoms with Crippen LogP contribution in [0.25, 0.3) is 22.3 Å². The minimum atomic E-state index is -0.696. The van der Waals surface area contributed by atoms with Gasteiger partial charge in [0.15, 0.2) is 11.5 Å². The van der Waals surface area contributed by atoms with Gasteiger partial charge in [0, 0.05) is 17.7 Å². The second-order valence-corrected chi connectivity index (χ2v) is 6.49. The van der Waals surface area contributed by atoms with Crippen LogP contribution in [0.4, 0.5) is 5.69 Å². The zero-order chi connectivity index (χ0) is 22.0. The largest absolute Gasteiger partial charge is 0.493 e. The number of carbonyl (C=O) groups is 1. The molecule has 4 rings (SSSR count). The van der Waals surface area contributed by atoms with E-state index in [2.05, 4.69) is 9.97 Å². The Bertz CT molecular complexity index is 1360. The Balaban J connectivity index is 1.63. The summed E-state index contributed by atoms with van der Waals surface area (Å²) in [6.45, 7) is 0. The van der Waals surface area contributed by atoms with E-state index in [0.29, 0.717) is 22.3 Å². The van der Waals surface area contributed by atoms with Gasteiger partial charge in [-0.15, -0.1) is 0 Å². The third kappa shape index (κ3) is 3.97. The molecule has 0 saturated carbocycles. The number of non-ortho nitro benzene ring substituents is 1. The van der Waals surface area contributed by atoms with E-state index in [-0.39, 0.29) is 28.3 Å². The van der Waals surface area contributed by atoms with Crippen molar-refractivity contribution in [2.45, 2.75) is 0 Å². The number of rotatable bonds is 5. The summed E-state index contributed by atoms with van der Waals surface area (Å²) in [5.74, 6) is 0.0507. The Morgan fingerprint density at radius 1 is 1.03 bits per heavy atom. The van der Waals surface area contributed by atoms with Gasteiger partial charge in [-0.2, -0.15) is 0 Å². The monoisotopic (exact) mass is 417 g/mol. The van der Waals surface area contributed by atoms with Crippen LogP contribution in [0.15, 0.2) is 71.5 Å². The van der Waals surface area contributed by atoms with Gasteiger partial charge >= 0.3 is 5.97 Å². The fourth-order valence-corrected chi connectivity index (χ4v) is 3.00. The van der Waals surface area contributed by atoms with E-state index in [0.717, 1.165) is 0 Å². The minimum Gasteiger partial charge on any atom is -0.493 e. The van der Waals surface area contributed by atoms with Crippen LogP contribution in [0, 0.1) is 10.1 Å². The highest BCUT2D eigenvalue weighted by atomic mass is 16.6. The fourth-order valence-electron chi connectivity index (χ4n) is 3.00. The summed E-state index contributed by atoms with van der Waals surface area (Å²) in [5, 5.41) is 11.2. The van der Waals surface area contributed by atoms with Crippen LogP contribution in [0.5, 0.6) is 11.5 Å². The number of aromatic amines is 1. The lowest BCUT2D eigenvalue weighted by Crippen LogP contribution is -2.10. The average Bonchev–Trinajstić information content (AvgIpc) is 2.79. The lowest BCUT2D eigenvalue weighted by molar-refractivity contribution is -0.384. The van der Waals surface area contributed by atoms with E-state index in [9.17, 15) is 19.7 Å². The SMILES string of the molecule is COc1cc(-c2nc3ccccc3c(=O)[nH]2)ccc1OC(=O)c1ccc([N+](=O)[O-])cc1. The first kappa shape index (κ1) is 19.8. The maximum atomic E-state index is 12.4. The van der Waals surface area contributed by atoms with Gasteiger partial charge in [0.2, 0.25) is 0 Å². The number of fused-ring (bicyclic) bond motifs is 1. The van der Waals surface area contributed by atoms with Gasteiger partial charge in [0.1, 0.15) is 5.82 Å². The van der Waals surface area contributed by atoms with Crippen LogP contribution in [0.1, 0.15) is 10.4 Å². The number of ether oxygens (including phenoxy) is 2. The first-order valence-electron chi connectivity index (χ1n) is 9.10. The molecule has 0 aliphatic rings. The van der Waals surface area contributed by atoms with Gasteiger partial charge in [-0.25, -0.2) is 9.78 Å². The van der Waals surface area contributed by atoms with Gasteiger partial charge < -0.3 is 14.5 Å². The number of nitrogens with zero attached hydrogens (tertiary/aromatic N) is 2. The molecule has 0 aliphatic heterocycles. The zero-order valence-electron chi connectivity index (χ0n) is 16.2. The first-order chi connectivity index (χ1) is 15.0. The van der Waals surface area contributed by atoms with E-state index in [1.807, 2.05) is 0 Å². The van der Waals surface area contributed by atoms with Crippen molar-refractivity contribution in [3.8, 4) is 22.9 Å². The molecule has 9 heteroatoms.